The molecular weight excluding hydrogens is 480 g/mol. The maximum absolute atomic E-state index is 12.8. The number of aromatic nitrogens is 1. The van der Waals surface area contributed by atoms with Crippen molar-refractivity contribution in [1.29, 1.82) is 5.26 Å². The summed E-state index contributed by atoms with van der Waals surface area (Å²) in [5.41, 5.74) is -0.0947. The van der Waals surface area contributed by atoms with Crippen molar-refractivity contribution in [3.8, 4) is 11.8 Å². The van der Waals surface area contributed by atoms with Crippen LogP contribution in [0, 0.1) is 11.3 Å². The third-order valence-corrected chi connectivity index (χ3v) is 6.31. The molecule has 0 bridgehead atoms. The second kappa shape index (κ2) is 13.0. The fraction of sp³-hybridized carbons (Fsp3) is 0.435. The predicted octanol–water partition coefficient (Wildman–Crippen LogP) is 0.546. The van der Waals surface area contributed by atoms with Gasteiger partial charge in [-0.05, 0) is 19.1 Å². The summed E-state index contributed by atoms with van der Waals surface area (Å²) in [5, 5.41) is 14.5. The molecule has 0 spiro atoms. The fourth-order valence-corrected chi connectivity index (χ4v) is 4.47. The number of alkyl halides is 2. The van der Waals surface area contributed by atoms with Crippen molar-refractivity contribution in [1.82, 2.24) is 14.8 Å². The Morgan fingerprint density at radius 3 is 2.83 bits per heavy atom. The van der Waals surface area contributed by atoms with E-state index < -0.39 is 24.4 Å². The van der Waals surface area contributed by atoms with Crippen LogP contribution in [-0.2, 0) is 16.1 Å². The Balaban J connectivity index is 1.76. The molecular formula is C23H27F2N5O4S. The van der Waals surface area contributed by atoms with E-state index >= 15 is 0 Å². The molecule has 1 saturated heterocycles. The van der Waals surface area contributed by atoms with E-state index in [4.69, 9.17) is 9.47 Å². The lowest BCUT2D eigenvalue weighted by Gasteiger charge is -2.26. The SMILES string of the molecule is CCn1c(=O)/c(=C\Nc2cccc(OCCN3CCOCC3)c2)s/c1=C(/C#N)C(=O)NCC(F)F. The summed E-state index contributed by atoms with van der Waals surface area (Å²) < 4.78 is 37.7. The molecule has 0 unspecified atom stereocenters. The molecule has 0 aliphatic carbocycles. The zero-order chi connectivity index (χ0) is 25.2. The van der Waals surface area contributed by atoms with Gasteiger partial charge in [0.15, 0.2) is 5.57 Å². The normalized spacial score (nSPS) is 15.6. The molecule has 1 aliphatic rings. The van der Waals surface area contributed by atoms with Crippen LogP contribution in [0.4, 0.5) is 14.5 Å². The summed E-state index contributed by atoms with van der Waals surface area (Å²) >= 11 is 0.937. The number of morpholine rings is 1. The number of halogens is 2. The number of amides is 1. The molecule has 188 valence electrons. The number of benzene rings is 1. The molecule has 0 atom stereocenters. The lowest BCUT2D eigenvalue weighted by Crippen LogP contribution is -2.38. The van der Waals surface area contributed by atoms with Gasteiger partial charge in [0.25, 0.3) is 17.9 Å². The van der Waals surface area contributed by atoms with Crippen molar-refractivity contribution in [2.75, 3.05) is 51.3 Å². The minimum atomic E-state index is -2.75. The Kier molecular flexibility index (Phi) is 9.77. The first-order valence-corrected chi connectivity index (χ1v) is 11.9. The quantitative estimate of drug-likeness (QED) is 0.484. The topological polar surface area (TPSA) is 109 Å². The third kappa shape index (κ3) is 7.35. The second-order valence-electron chi connectivity index (χ2n) is 7.53. The Hall–Kier alpha value is -3.27. The van der Waals surface area contributed by atoms with E-state index in [1.54, 1.807) is 19.1 Å². The van der Waals surface area contributed by atoms with Gasteiger partial charge in [-0.15, -0.1) is 11.3 Å². The molecule has 1 aliphatic heterocycles. The Morgan fingerprint density at radius 1 is 1.37 bits per heavy atom. The second-order valence-corrected chi connectivity index (χ2v) is 8.56. The fourth-order valence-electron chi connectivity index (χ4n) is 3.39. The number of nitriles is 1. The molecule has 2 aromatic rings. The van der Waals surface area contributed by atoms with E-state index in [-0.39, 0.29) is 21.3 Å². The van der Waals surface area contributed by atoms with E-state index in [0.717, 1.165) is 44.2 Å². The van der Waals surface area contributed by atoms with Crippen LogP contribution in [-0.4, -0.2) is 67.8 Å². The number of carbonyl (C=O) groups is 1. The van der Waals surface area contributed by atoms with E-state index in [1.807, 2.05) is 23.5 Å². The number of rotatable bonds is 10. The molecule has 0 saturated carbocycles. The van der Waals surface area contributed by atoms with Crippen LogP contribution < -0.4 is 30.1 Å². The maximum Gasteiger partial charge on any atom is 0.270 e. The van der Waals surface area contributed by atoms with Crippen LogP contribution in [0.3, 0.4) is 0 Å². The molecule has 1 fully saturated rings. The van der Waals surface area contributed by atoms with Crippen molar-refractivity contribution in [3.63, 3.8) is 0 Å². The standard InChI is InChI=1S/C23H27F2N5O4S/c1-2-30-22(32)19(35-23(30)18(13-26)21(31)28-15-20(24)25)14-27-16-4-3-5-17(12-16)34-11-8-29-6-9-33-10-7-29/h3-5,12,14,20,27H,2,6-11,15H2,1H3,(H,28,31)/b19-14+,23-18-. The average Bonchev–Trinajstić information content (AvgIpc) is 3.17. The highest BCUT2D eigenvalue weighted by molar-refractivity contribution is 7.07. The Bertz CT molecular complexity index is 1230. The van der Waals surface area contributed by atoms with Crippen molar-refractivity contribution in [3.05, 3.63) is 43.8 Å². The van der Waals surface area contributed by atoms with Crippen LogP contribution in [0.25, 0.3) is 11.8 Å². The smallest absolute Gasteiger partial charge is 0.270 e. The molecule has 1 aromatic heterocycles. The van der Waals surface area contributed by atoms with Gasteiger partial charge in [-0.1, -0.05) is 6.07 Å². The number of carbonyl (C=O) groups excluding carboxylic acids is 1. The zero-order valence-corrected chi connectivity index (χ0v) is 20.1. The highest BCUT2D eigenvalue weighted by Crippen LogP contribution is 2.17. The predicted molar refractivity (Wildman–Crippen MR) is 129 cm³/mol. The zero-order valence-electron chi connectivity index (χ0n) is 19.3. The first-order chi connectivity index (χ1) is 16.9. The summed E-state index contributed by atoms with van der Waals surface area (Å²) in [6, 6.07) is 8.99. The van der Waals surface area contributed by atoms with Gasteiger partial charge in [0, 0.05) is 44.1 Å². The van der Waals surface area contributed by atoms with Crippen LogP contribution in [0.2, 0.25) is 0 Å². The minimum absolute atomic E-state index is 0.111. The van der Waals surface area contributed by atoms with Crippen LogP contribution in [0.15, 0.2) is 29.1 Å². The number of ether oxygens (including phenoxy) is 2. The summed E-state index contributed by atoms with van der Waals surface area (Å²) in [6.07, 6.45) is -1.26. The van der Waals surface area contributed by atoms with Gasteiger partial charge >= 0.3 is 0 Å². The average molecular weight is 508 g/mol. The maximum atomic E-state index is 12.8. The van der Waals surface area contributed by atoms with Gasteiger partial charge in [0.1, 0.15) is 27.6 Å². The van der Waals surface area contributed by atoms with Gasteiger partial charge in [0.2, 0.25) is 0 Å². The molecule has 1 amide bonds. The van der Waals surface area contributed by atoms with Crippen molar-refractivity contribution < 1.29 is 23.0 Å². The third-order valence-electron chi connectivity index (χ3n) is 5.18. The van der Waals surface area contributed by atoms with Gasteiger partial charge in [-0.25, -0.2) is 8.78 Å². The van der Waals surface area contributed by atoms with Crippen molar-refractivity contribution in [2.45, 2.75) is 19.9 Å². The summed E-state index contributed by atoms with van der Waals surface area (Å²) in [6.45, 7) is 5.58. The molecule has 2 heterocycles. The summed E-state index contributed by atoms with van der Waals surface area (Å²) in [5.74, 6) is -0.275. The summed E-state index contributed by atoms with van der Waals surface area (Å²) in [4.78, 5) is 27.3. The minimum Gasteiger partial charge on any atom is -0.492 e. The molecule has 12 heteroatoms. The van der Waals surface area contributed by atoms with Crippen molar-refractivity contribution >= 4 is 34.7 Å². The largest absolute Gasteiger partial charge is 0.492 e. The van der Waals surface area contributed by atoms with E-state index in [1.165, 1.54) is 10.8 Å². The molecule has 2 N–H and O–H groups in total. The molecule has 0 radical (unpaired) electrons. The first-order valence-electron chi connectivity index (χ1n) is 11.1. The number of thiazole rings is 1. The van der Waals surface area contributed by atoms with Gasteiger partial charge in [-0.3, -0.25) is 19.1 Å². The van der Waals surface area contributed by atoms with Crippen LogP contribution in [0.5, 0.6) is 5.75 Å². The van der Waals surface area contributed by atoms with E-state index in [9.17, 15) is 23.6 Å². The highest BCUT2D eigenvalue weighted by atomic mass is 32.1. The lowest BCUT2D eigenvalue weighted by atomic mass is 10.3. The molecule has 9 nitrogen and oxygen atoms in total. The highest BCUT2D eigenvalue weighted by Gasteiger charge is 2.16. The molecule has 3 rings (SSSR count). The van der Waals surface area contributed by atoms with Crippen LogP contribution >= 0.6 is 11.3 Å². The van der Waals surface area contributed by atoms with E-state index in [2.05, 4.69) is 10.2 Å². The number of hydrogen-bond acceptors (Lipinski definition) is 8. The van der Waals surface area contributed by atoms with Crippen molar-refractivity contribution in [2.24, 2.45) is 0 Å². The van der Waals surface area contributed by atoms with Gasteiger partial charge in [0.05, 0.1) is 19.8 Å². The number of nitrogens with zero attached hydrogens (tertiary/aromatic N) is 3. The van der Waals surface area contributed by atoms with Gasteiger partial charge < -0.3 is 20.1 Å². The van der Waals surface area contributed by atoms with Gasteiger partial charge in [-0.2, -0.15) is 5.26 Å². The van der Waals surface area contributed by atoms with Crippen LogP contribution in [0.1, 0.15) is 6.92 Å². The number of nitrogens with one attached hydrogen (secondary N) is 2. The monoisotopic (exact) mass is 507 g/mol. The molecule has 35 heavy (non-hydrogen) atoms. The Labute approximate surface area is 204 Å². The lowest BCUT2D eigenvalue weighted by molar-refractivity contribution is -0.116. The Morgan fingerprint density at radius 2 is 2.14 bits per heavy atom. The summed E-state index contributed by atoms with van der Waals surface area (Å²) in [7, 11) is 0. The number of anilines is 1. The number of hydrogen-bond donors (Lipinski definition) is 2. The first kappa shape index (κ1) is 26.3. The molecule has 1 aromatic carbocycles. The van der Waals surface area contributed by atoms with E-state index in [0.29, 0.717) is 18.0 Å².